The van der Waals surface area contributed by atoms with Crippen molar-refractivity contribution in [3.8, 4) is 0 Å². The standard InChI is InChI=1S/C13H25N7/c1-5-20-7-6-10(9-20)8-15-12-16-11(14-2)17-13(18-12)19(3)4/h10H,5-9H2,1-4H3,(H2,14,15,16,17,18). The first-order valence-corrected chi connectivity index (χ1v) is 7.19. The summed E-state index contributed by atoms with van der Waals surface area (Å²) in [6.07, 6.45) is 1.24. The molecule has 0 radical (unpaired) electrons. The van der Waals surface area contributed by atoms with E-state index in [1.807, 2.05) is 26.0 Å². The number of anilines is 3. The highest BCUT2D eigenvalue weighted by molar-refractivity contribution is 5.42. The van der Waals surface area contributed by atoms with Gasteiger partial charge in [0.15, 0.2) is 0 Å². The lowest BCUT2D eigenvalue weighted by Gasteiger charge is -2.15. The summed E-state index contributed by atoms with van der Waals surface area (Å²) in [5.74, 6) is 2.57. The smallest absolute Gasteiger partial charge is 0.231 e. The molecule has 1 aliphatic rings. The van der Waals surface area contributed by atoms with Crippen LogP contribution in [0.4, 0.5) is 17.8 Å². The molecule has 0 amide bonds. The summed E-state index contributed by atoms with van der Waals surface area (Å²) in [5, 5.41) is 6.32. The Morgan fingerprint density at radius 2 is 2.00 bits per heavy atom. The molecule has 2 rings (SSSR count). The zero-order valence-corrected chi connectivity index (χ0v) is 12.8. The topological polar surface area (TPSA) is 69.2 Å². The Hall–Kier alpha value is -1.63. The van der Waals surface area contributed by atoms with Gasteiger partial charge in [0.25, 0.3) is 0 Å². The SMILES string of the molecule is CCN1CCC(CNc2nc(NC)nc(N(C)C)n2)C1. The molecule has 2 N–H and O–H groups in total. The molecule has 1 fully saturated rings. The summed E-state index contributed by atoms with van der Waals surface area (Å²) in [7, 11) is 5.66. The maximum Gasteiger partial charge on any atom is 0.231 e. The average molecular weight is 279 g/mol. The number of rotatable bonds is 6. The second-order valence-electron chi connectivity index (χ2n) is 5.36. The molecule has 0 spiro atoms. The molecule has 7 nitrogen and oxygen atoms in total. The number of nitrogens with one attached hydrogen (secondary N) is 2. The van der Waals surface area contributed by atoms with Gasteiger partial charge in [-0.2, -0.15) is 15.0 Å². The fourth-order valence-electron chi connectivity index (χ4n) is 2.36. The summed E-state index contributed by atoms with van der Waals surface area (Å²) in [6.45, 7) is 6.62. The van der Waals surface area contributed by atoms with E-state index in [2.05, 4.69) is 37.4 Å². The summed E-state index contributed by atoms with van der Waals surface area (Å²) >= 11 is 0. The van der Waals surface area contributed by atoms with Gasteiger partial charge >= 0.3 is 0 Å². The third kappa shape index (κ3) is 3.69. The number of likely N-dealkylation sites (tertiary alicyclic amines) is 1. The maximum absolute atomic E-state index is 4.42. The van der Waals surface area contributed by atoms with E-state index in [1.165, 1.54) is 13.0 Å². The van der Waals surface area contributed by atoms with Crippen LogP contribution in [0, 0.1) is 5.92 Å². The molecule has 0 aromatic carbocycles. The molecular weight excluding hydrogens is 254 g/mol. The Labute approximate surface area is 120 Å². The normalized spacial score (nSPS) is 19.1. The van der Waals surface area contributed by atoms with Crippen LogP contribution in [0.25, 0.3) is 0 Å². The van der Waals surface area contributed by atoms with Crippen LogP contribution < -0.4 is 15.5 Å². The first-order chi connectivity index (χ1) is 9.62. The van der Waals surface area contributed by atoms with Gasteiger partial charge in [0.05, 0.1) is 0 Å². The van der Waals surface area contributed by atoms with Gasteiger partial charge < -0.3 is 20.4 Å². The van der Waals surface area contributed by atoms with Gasteiger partial charge in [0.1, 0.15) is 0 Å². The Bertz CT molecular complexity index is 435. The van der Waals surface area contributed by atoms with Crippen LogP contribution in [0.3, 0.4) is 0 Å². The third-order valence-corrected chi connectivity index (χ3v) is 3.61. The van der Waals surface area contributed by atoms with Gasteiger partial charge in [0.2, 0.25) is 17.8 Å². The number of nitrogens with zero attached hydrogens (tertiary/aromatic N) is 5. The Morgan fingerprint density at radius 1 is 1.25 bits per heavy atom. The van der Waals surface area contributed by atoms with Crippen LogP contribution in [0.2, 0.25) is 0 Å². The van der Waals surface area contributed by atoms with Crippen LogP contribution in [-0.4, -0.2) is 67.2 Å². The quantitative estimate of drug-likeness (QED) is 0.795. The van der Waals surface area contributed by atoms with E-state index >= 15 is 0 Å². The zero-order valence-electron chi connectivity index (χ0n) is 12.8. The zero-order chi connectivity index (χ0) is 14.5. The second kappa shape index (κ2) is 6.69. The lowest BCUT2D eigenvalue weighted by molar-refractivity contribution is 0.345. The van der Waals surface area contributed by atoms with Gasteiger partial charge in [-0.05, 0) is 25.4 Å². The summed E-state index contributed by atoms with van der Waals surface area (Å²) in [4.78, 5) is 17.4. The van der Waals surface area contributed by atoms with E-state index < -0.39 is 0 Å². The van der Waals surface area contributed by atoms with Crippen molar-refractivity contribution in [1.82, 2.24) is 19.9 Å². The van der Waals surface area contributed by atoms with E-state index in [0.717, 1.165) is 19.6 Å². The van der Waals surface area contributed by atoms with Crippen molar-refractivity contribution in [3.05, 3.63) is 0 Å². The third-order valence-electron chi connectivity index (χ3n) is 3.61. The predicted molar refractivity (Wildman–Crippen MR) is 82.4 cm³/mol. The van der Waals surface area contributed by atoms with Gasteiger partial charge in [-0.15, -0.1) is 0 Å². The van der Waals surface area contributed by atoms with Gasteiger partial charge in [-0.3, -0.25) is 0 Å². The highest BCUT2D eigenvalue weighted by Gasteiger charge is 2.21. The number of hydrogen-bond acceptors (Lipinski definition) is 7. The first-order valence-electron chi connectivity index (χ1n) is 7.19. The predicted octanol–water partition coefficient (Wildman–Crippen LogP) is 0.733. The molecule has 1 aromatic rings. The minimum Gasteiger partial charge on any atom is -0.357 e. The molecular formula is C13H25N7. The van der Waals surface area contributed by atoms with Gasteiger partial charge in [-0.1, -0.05) is 6.92 Å². The van der Waals surface area contributed by atoms with Crippen molar-refractivity contribution in [1.29, 1.82) is 0 Å². The molecule has 0 bridgehead atoms. The summed E-state index contributed by atoms with van der Waals surface area (Å²) in [6, 6.07) is 0. The number of aromatic nitrogens is 3. The van der Waals surface area contributed by atoms with Crippen LogP contribution in [-0.2, 0) is 0 Å². The van der Waals surface area contributed by atoms with Crippen molar-refractivity contribution in [2.24, 2.45) is 5.92 Å². The van der Waals surface area contributed by atoms with Crippen molar-refractivity contribution in [2.45, 2.75) is 13.3 Å². The molecule has 1 unspecified atom stereocenters. The molecule has 112 valence electrons. The highest BCUT2D eigenvalue weighted by atomic mass is 15.3. The average Bonchev–Trinajstić information content (AvgIpc) is 2.92. The van der Waals surface area contributed by atoms with Gasteiger partial charge in [0, 0.05) is 34.2 Å². The summed E-state index contributed by atoms with van der Waals surface area (Å²) in [5.41, 5.74) is 0. The molecule has 20 heavy (non-hydrogen) atoms. The Balaban J connectivity index is 1.97. The molecule has 1 saturated heterocycles. The first kappa shape index (κ1) is 14.8. The Kier molecular flexibility index (Phi) is 4.94. The molecule has 1 aliphatic heterocycles. The van der Waals surface area contributed by atoms with Crippen molar-refractivity contribution in [2.75, 3.05) is 62.9 Å². The van der Waals surface area contributed by atoms with E-state index in [1.54, 1.807) is 0 Å². The molecule has 1 aromatic heterocycles. The van der Waals surface area contributed by atoms with Crippen LogP contribution in [0.1, 0.15) is 13.3 Å². The van der Waals surface area contributed by atoms with Crippen LogP contribution in [0.5, 0.6) is 0 Å². The Morgan fingerprint density at radius 3 is 2.60 bits per heavy atom. The maximum atomic E-state index is 4.42. The van der Waals surface area contributed by atoms with E-state index in [4.69, 9.17) is 0 Å². The monoisotopic (exact) mass is 279 g/mol. The molecule has 0 saturated carbocycles. The molecule has 7 heteroatoms. The largest absolute Gasteiger partial charge is 0.357 e. The minimum absolute atomic E-state index is 0.591. The van der Waals surface area contributed by atoms with E-state index in [-0.39, 0.29) is 0 Å². The highest BCUT2D eigenvalue weighted by Crippen LogP contribution is 2.17. The van der Waals surface area contributed by atoms with Crippen molar-refractivity contribution >= 4 is 17.8 Å². The van der Waals surface area contributed by atoms with E-state index in [9.17, 15) is 0 Å². The molecule has 2 heterocycles. The second-order valence-corrected chi connectivity index (χ2v) is 5.36. The molecule has 1 atom stereocenters. The van der Waals surface area contributed by atoms with Crippen molar-refractivity contribution < 1.29 is 0 Å². The van der Waals surface area contributed by atoms with Crippen molar-refractivity contribution in [3.63, 3.8) is 0 Å². The van der Waals surface area contributed by atoms with Crippen LogP contribution in [0.15, 0.2) is 0 Å². The summed E-state index contributed by atoms with van der Waals surface area (Å²) < 4.78 is 0. The lowest BCUT2D eigenvalue weighted by Crippen LogP contribution is -2.23. The van der Waals surface area contributed by atoms with E-state index in [0.29, 0.717) is 23.8 Å². The lowest BCUT2D eigenvalue weighted by atomic mass is 10.1. The molecule has 0 aliphatic carbocycles. The fraction of sp³-hybridized carbons (Fsp3) is 0.769. The van der Waals surface area contributed by atoms with Gasteiger partial charge in [-0.25, -0.2) is 0 Å². The fourth-order valence-corrected chi connectivity index (χ4v) is 2.36. The minimum atomic E-state index is 0.591. The van der Waals surface area contributed by atoms with Crippen LogP contribution >= 0.6 is 0 Å². The number of hydrogen-bond donors (Lipinski definition) is 2.